The van der Waals surface area contributed by atoms with Crippen LogP contribution in [0.5, 0.6) is 0 Å². The molecule has 0 aliphatic rings. The molecule has 10 nitrogen and oxygen atoms in total. The number of nitrogens with zero attached hydrogens (tertiary/aromatic N) is 1. The summed E-state index contributed by atoms with van der Waals surface area (Å²) < 4.78 is 30.5. The van der Waals surface area contributed by atoms with E-state index in [0.717, 1.165) is 6.07 Å². The summed E-state index contributed by atoms with van der Waals surface area (Å²) in [4.78, 5) is 34.2. The Morgan fingerprint density at radius 1 is 1.18 bits per heavy atom. The molecule has 0 aliphatic heterocycles. The Hall–Kier alpha value is -3.31. The number of benzene rings is 2. The van der Waals surface area contributed by atoms with Gasteiger partial charge in [-0.3, -0.25) is 14.9 Å². The van der Waals surface area contributed by atoms with Crippen LogP contribution in [0.3, 0.4) is 0 Å². The fourth-order valence-corrected chi connectivity index (χ4v) is 2.98. The summed E-state index contributed by atoms with van der Waals surface area (Å²) in [6.07, 6.45) is 0. The van der Waals surface area contributed by atoms with Gasteiger partial charge in [0.05, 0.1) is 15.4 Å². The molecule has 0 spiro atoms. The van der Waals surface area contributed by atoms with Crippen LogP contribution in [0.25, 0.3) is 0 Å². The molecule has 2 aromatic rings. The molecule has 0 fully saturated rings. The van der Waals surface area contributed by atoms with Gasteiger partial charge in [-0.15, -0.1) is 0 Å². The summed E-state index contributed by atoms with van der Waals surface area (Å²) in [5.74, 6) is -1.59. The van der Waals surface area contributed by atoms with Crippen molar-refractivity contribution in [2.45, 2.75) is 11.8 Å². The second-order valence-corrected chi connectivity index (χ2v) is 7.50. The molecule has 0 saturated carbocycles. The second kappa shape index (κ2) is 8.59. The van der Waals surface area contributed by atoms with Crippen molar-refractivity contribution in [1.29, 1.82) is 0 Å². The predicted molar refractivity (Wildman–Crippen MR) is 99.4 cm³/mol. The third-order valence-electron chi connectivity index (χ3n) is 3.67. The van der Waals surface area contributed by atoms with Gasteiger partial charge >= 0.3 is 5.97 Å². The molecule has 0 aromatic heterocycles. The van der Waals surface area contributed by atoms with Crippen LogP contribution in [0.2, 0.25) is 0 Å². The van der Waals surface area contributed by atoms with E-state index in [2.05, 4.69) is 10.0 Å². The van der Waals surface area contributed by atoms with Gasteiger partial charge in [0, 0.05) is 17.3 Å². The monoisotopic (exact) mass is 407 g/mol. The number of carbonyl (C=O) groups excluding carboxylic acids is 2. The SMILES string of the molecule is CNS(=O)(=O)c1cccc(C(=O)OCC(=O)Nc2ccc(C)c([N+](=O)[O-])c2)c1. The molecular formula is C17H17N3O7S. The minimum Gasteiger partial charge on any atom is -0.452 e. The zero-order valence-corrected chi connectivity index (χ0v) is 15.8. The molecule has 0 aliphatic carbocycles. The molecule has 0 radical (unpaired) electrons. The van der Waals surface area contributed by atoms with Gasteiger partial charge in [-0.2, -0.15) is 0 Å². The minimum absolute atomic E-state index is 0.0462. The number of nitro groups is 1. The summed E-state index contributed by atoms with van der Waals surface area (Å²) in [5, 5.41) is 13.3. The number of ether oxygens (including phenoxy) is 1. The van der Waals surface area contributed by atoms with E-state index in [-0.39, 0.29) is 21.8 Å². The highest BCUT2D eigenvalue weighted by atomic mass is 32.2. The lowest BCUT2D eigenvalue weighted by molar-refractivity contribution is -0.385. The Morgan fingerprint density at radius 2 is 1.89 bits per heavy atom. The van der Waals surface area contributed by atoms with Crippen LogP contribution in [0.4, 0.5) is 11.4 Å². The molecule has 148 valence electrons. The first-order valence-electron chi connectivity index (χ1n) is 7.89. The molecule has 1 amide bonds. The zero-order valence-electron chi connectivity index (χ0n) is 15.0. The van der Waals surface area contributed by atoms with Gasteiger partial charge in [-0.25, -0.2) is 17.9 Å². The van der Waals surface area contributed by atoms with Crippen LogP contribution in [0.15, 0.2) is 47.4 Å². The zero-order chi connectivity index (χ0) is 20.9. The van der Waals surface area contributed by atoms with E-state index in [9.17, 15) is 28.1 Å². The Bertz CT molecular complexity index is 1030. The lowest BCUT2D eigenvalue weighted by Gasteiger charge is -2.08. The molecule has 2 rings (SSSR count). The van der Waals surface area contributed by atoms with Gasteiger partial charge in [0.15, 0.2) is 6.61 Å². The van der Waals surface area contributed by atoms with Gasteiger partial charge in [0.1, 0.15) is 0 Å². The van der Waals surface area contributed by atoms with E-state index in [4.69, 9.17) is 4.74 Å². The van der Waals surface area contributed by atoms with Crippen molar-refractivity contribution in [3.63, 3.8) is 0 Å². The van der Waals surface area contributed by atoms with Crippen LogP contribution in [0, 0.1) is 17.0 Å². The lowest BCUT2D eigenvalue weighted by Crippen LogP contribution is -2.22. The summed E-state index contributed by atoms with van der Waals surface area (Å²) in [6.45, 7) is 0.914. The molecule has 2 N–H and O–H groups in total. The molecule has 0 unspecified atom stereocenters. The third kappa shape index (κ3) is 5.11. The first kappa shape index (κ1) is 21.0. The fraction of sp³-hybridized carbons (Fsp3) is 0.176. The van der Waals surface area contributed by atoms with Crippen LogP contribution in [0.1, 0.15) is 15.9 Å². The first-order valence-corrected chi connectivity index (χ1v) is 9.38. The number of nitrogens with one attached hydrogen (secondary N) is 2. The van der Waals surface area contributed by atoms with Crippen molar-refractivity contribution < 1.29 is 27.7 Å². The number of amides is 1. The highest BCUT2D eigenvalue weighted by Gasteiger charge is 2.17. The number of anilines is 1. The van der Waals surface area contributed by atoms with E-state index in [1.807, 2.05) is 0 Å². The molecule has 0 saturated heterocycles. The van der Waals surface area contributed by atoms with Gasteiger partial charge in [0.25, 0.3) is 11.6 Å². The Morgan fingerprint density at radius 3 is 2.54 bits per heavy atom. The van der Waals surface area contributed by atoms with E-state index in [1.54, 1.807) is 6.92 Å². The van der Waals surface area contributed by atoms with E-state index in [0.29, 0.717) is 5.56 Å². The molecule has 0 heterocycles. The maximum atomic E-state index is 12.1. The number of sulfonamides is 1. The van der Waals surface area contributed by atoms with E-state index in [1.165, 1.54) is 43.4 Å². The number of nitro benzene ring substituents is 1. The predicted octanol–water partition coefficient (Wildman–Crippen LogP) is 1.61. The molecule has 0 atom stereocenters. The van der Waals surface area contributed by atoms with Crippen molar-refractivity contribution in [2.24, 2.45) is 0 Å². The molecule has 0 bridgehead atoms. The van der Waals surface area contributed by atoms with Crippen molar-refractivity contribution in [2.75, 3.05) is 19.0 Å². The van der Waals surface area contributed by atoms with Crippen LogP contribution >= 0.6 is 0 Å². The van der Waals surface area contributed by atoms with Crippen molar-refractivity contribution in [1.82, 2.24) is 4.72 Å². The van der Waals surface area contributed by atoms with Crippen molar-refractivity contribution in [3.05, 3.63) is 63.7 Å². The van der Waals surface area contributed by atoms with Gasteiger partial charge < -0.3 is 10.1 Å². The average Bonchev–Trinajstić information content (AvgIpc) is 2.67. The second-order valence-electron chi connectivity index (χ2n) is 5.62. The summed E-state index contributed by atoms with van der Waals surface area (Å²) >= 11 is 0. The molecular weight excluding hydrogens is 390 g/mol. The maximum Gasteiger partial charge on any atom is 0.338 e. The van der Waals surface area contributed by atoms with Gasteiger partial charge in [0.2, 0.25) is 10.0 Å². The van der Waals surface area contributed by atoms with Crippen LogP contribution < -0.4 is 10.0 Å². The Balaban J connectivity index is 2.02. The largest absolute Gasteiger partial charge is 0.452 e. The highest BCUT2D eigenvalue weighted by molar-refractivity contribution is 7.89. The summed E-state index contributed by atoms with van der Waals surface area (Å²) in [5.41, 5.74) is 0.416. The molecule has 11 heteroatoms. The number of hydrogen-bond acceptors (Lipinski definition) is 7. The number of aryl methyl sites for hydroxylation is 1. The van der Waals surface area contributed by atoms with Crippen LogP contribution in [-0.2, 0) is 19.6 Å². The van der Waals surface area contributed by atoms with Gasteiger partial charge in [-0.1, -0.05) is 12.1 Å². The first-order chi connectivity index (χ1) is 13.1. The average molecular weight is 407 g/mol. The summed E-state index contributed by atoms with van der Waals surface area (Å²) in [7, 11) is -2.50. The fourth-order valence-electron chi connectivity index (χ4n) is 2.20. The third-order valence-corrected chi connectivity index (χ3v) is 5.08. The van der Waals surface area contributed by atoms with Crippen LogP contribution in [-0.4, -0.2) is 38.9 Å². The molecule has 2 aromatic carbocycles. The Kier molecular flexibility index (Phi) is 6.44. The van der Waals surface area contributed by atoms with Crippen molar-refractivity contribution >= 4 is 33.3 Å². The number of rotatable bonds is 7. The standard InChI is InChI=1S/C17H17N3O7S/c1-11-6-7-13(9-15(11)20(23)24)19-16(21)10-27-17(22)12-4-3-5-14(8-12)28(25,26)18-2/h3-9,18H,10H2,1-2H3,(H,19,21). The topological polar surface area (TPSA) is 145 Å². The maximum absolute atomic E-state index is 12.1. The number of carbonyl (C=O) groups is 2. The highest BCUT2D eigenvalue weighted by Crippen LogP contribution is 2.22. The number of esters is 1. The van der Waals surface area contributed by atoms with E-state index >= 15 is 0 Å². The normalized spacial score (nSPS) is 10.9. The smallest absolute Gasteiger partial charge is 0.338 e. The van der Waals surface area contributed by atoms with E-state index < -0.39 is 33.4 Å². The van der Waals surface area contributed by atoms with Gasteiger partial charge in [-0.05, 0) is 38.2 Å². The minimum atomic E-state index is -3.73. The molecule has 28 heavy (non-hydrogen) atoms. The van der Waals surface area contributed by atoms with Crippen molar-refractivity contribution in [3.8, 4) is 0 Å². The summed E-state index contributed by atoms with van der Waals surface area (Å²) in [6, 6.07) is 9.29. The number of hydrogen-bond donors (Lipinski definition) is 2. The Labute approximate surface area is 160 Å². The quantitative estimate of drug-likeness (QED) is 0.403. The lowest BCUT2D eigenvalue weighted by atomic mass is 10.2.